The highest BCUT2D eigenvalue weighted by Crippen LogP contribution is 2.22. The predicted octanol–water partition coefficient (Wildman–Crippen LogP) is 1.90. The quantitative estimate of drug-likeness (QED) is 0.773. The summed E-state index contributed by atoms with van der Waals surface area (Å²) in [6.45, 7) is 2.06. The fourth-order valence-electron chi connectivity index (χ4n) is 2.34. The van der Waals surface area contributed by atoms with Gasteiger partial charge in [0.05, 0.1) is 6.04 Å². The first kappa shape index (κ1) is 12.5. The number of nitrogens with two attached hydrogens (primary N) is 1. The van der Waals surface area contributed by atoms with Crippen LogP contribution in [0.1, 0.15) is 51.9 Å². The largest absolute Gasteiger partial charge is 0.341 e. The van der Waals surface area contributed by atoms with Gasteiger partial charge in [-0.2, -0.15) is 0 Å². The van der Waals surface area contributed by atoms with Crippen LogP contribution in [0.15, 0.2) is 0 Å². The molecule has 0 radical (unpaired) electrons. The van der Waals surface area contributed by atoms with Gasteiger partial charge in [-0.25, -0.2) is 0 Å². The second-order valence-electron chi connectivity index (χ2n) is 4.64. The fourth-order valence-corrected chi connectivity index (χ4v) is 2.34. The predicted molar refractivity (Wildman–Crippen MR) is 62.5 cm³/mol. The number of nitrogens with zero attached hydrogens (tertiary/aromatic N) is 1. The molecule has 1 amide bonds. The topological polar surface area (TPSA) is 46.3 Å². The lowest BCUT2D eigenvalue weighted by molar-refractivity contribution is -0.134. The van der Waals surface area contributed by atoms with E-state index in [-0.39, 0.29) is 11.9 Å². The molecule has 0 aromatic rings. The third-order valence-corrected chi connectivity index (χ3v) is 3.39. The average Bonchev–Trinajstić information content (AvgIpc) is 2.28. The third kappa shape index (κ3) is 3.49. The lowest BCUT2D eigenvalue weighted by atomic mass is 9.94. The van der Waals surface area contributed by atoms with E-state index in [0.29, 0.717) is 6.04 Å². The number of amides is 1. The molecular weight excluding hydrogens is 188 g/mol. The molecule has 2 N–H and O–H groups in total. The van der Waals surface area contributed by atoms with Gasteiger partial charge in [-0.15, -0.1) is 0 Å². The van der Waals surface area contributed by atoms with Gasteiger partial charge in [-0.3, -0.25) is 4.79 Å². The first-order valence-electron chi connectivity index (χ1n) is 6.19. The first-order chi connectivity index (χ1) is 7.16. The third-order valence-electron chi connectivity index (χ3n) is 3.39. The summed E-state index contributed by atoms with van der Waals surface area (Å²) in [6.07, 6.45) is 7.92. The monoisotopic (exact) mass is 212 g/mol. The zero-order chi connectivity index (χ0) is 11.3. The Hall–Kier alpha value is -0.570. The Bertz CT molecular complexity index is 200. The molecule has 3 heteroatoms. The molecule has 0 unspecified atom stereocenters. The molecule has 0 saturated heterocycles. The van der Waals surface area contributed by atoms with Crippen molar-refractivity contribution in [1.82, 2.24) is 4.90 Å². The molecule has 0 aromatic heterocycles. The molecule has 1 atom stereocenters. The highest BCUT2D eigenvalue weighted by molar-refractivity contribution is 5.81. The molecule has 1 rings (SSSR count). The number of likely N-dealkylation sites (N-methyl/N-ethyl adjacent to an activating group) is 1. The van der Waals surface area contributed by atoms with Crippen LogP contribution in [0.25, 0.3) is 0 Å². The van der Waals surface area contributed by atoms with Crippen LogP contribution in [0.3, 0.4) is 0 Å². The standard InChI is InChI=1S/C12H24N2O/c1-3-7-11(13)12(15)14(2)10-8-5-4-6-9-10/h10-11H,3-9,13H2,1-2H3/t11-/m0/s1. The summed E-state index contributed by atoms with van der Waals surface area (Å²) in [5.74, 6) is 0.128. The second-order valence-corrected chi connectivity index (χ2v) is 4.64. The Morgan fingerprint density at radius 1 is 1.40 bits per heavy atom. The zero-order valence-electron chi connectivity index (χ0n) is 10.0. The van der Waals surface area contributed by atoms with Crippen molar-refractivity contribution in [1.29, 1.82) is 0 Å². The molecule has 1 aliphatic rings. The summed E-state index contributed by atoms with van der Waals surface area (Å²) in [7, 11) is 1.91. The first-order valence-corrected chi connectivity index (χ1v) is 6.19. The maximum atomic E-state index is 11.9. The Kier molecular flexibility index (Phi) is 5.09. The Morgan fingerprint density at radius 2 is 2.00 bits per heavy atom. The van der Waals surface area contributed by atoms with Crippen molar-refractivity contribution in [2.75, 3.05) is 7.05 Å². The summed E-state index contributed by atoms with van der Waals surface area (Å²) in [5.41, 5.74) is 5.84. The van der Waals surface area contributed by atoms with Gasteiger partial charge < -0.3 is 10.6 Å². The summed E-state index contributed by atoms with van der Waals surface area (Å²) in [4.78, 5) is 13.8. The van der Waals surface area contributed by atoms with Crippen LogP contribution in [-0.2, 0) is 4.79 Å². The van der Waals surface area contributed by atoms with Gasteiger partial charge in [-0.1, -0.05) is 32.6 Å². The lowest BCUT2D eigenvalue weighted by Crippen LogP contribution is -2.47. The highest BCUT2D eigenvalue weighted by atomic mass is 16.2. The van der Waals surface area contributed by atoms with Crippen molar-refractivity contribution in [3.8, 4) is 0 Å². The van der Waals surface area contributed by atoms with E-state index in [9.17, 15) is 4.79 Å². The van der Waals surface area contributed by atoms with Crippen molar-refractivity contribution >= 4 is 5.91 Å². The SMILES string of the molecule is CCC[C@H](N)C(=O)N(C)C1CCCCC1. The minimum absolute atomic E-state index is 0.128. The normalized spacial score (nSPS) is 19.9. The van der Waals surface area contributed by atoms with Crippen LogP contribution in [0.2, 0.25) is 0 Å². The van der Waals surface area contributed by atoms with Crippen molar-refractivity contribution in [3.05, 3.63) is 0 Å². The molecule has 1 fully saturated rings. The van der Waals surface area contributed by atoms with E-state index in [4.69, 9.17) is 5.73 Å². The second kappa shape index (κ2) is 6.11. The number of rotatable bonds is 4. The molecule has 0 bridgehead atoms. The van der Waals surface area contributed by atoms with E-state index in [2.05, 4.69) is 6.92 Å². The summed E-state index contributed by atoms with van der Waals surface area (Å²) in [6, 6.07) is 0.149. The van der Waals surface area contributed by atoms with Gasteiger partial charge in [0.15, 0.2) is 0 Å². The molecule has 0 aliphatic heterocycles. The molecule has 1 aliphatic carbocycles. The van der Waals surface area contributed by atoms with Gasteiger partial charge >= 0.3 is 0 Å². The molecule has 88 valence electrons. The van der Waals surface area contributed by atoms with Crippen LogP contribution in [-0.4, -0.2) is 29.9 Å². The molecular formula is C12H24N2O. The molecule has 1 saturated carbocycles. The van der Waals surface area contributed by atoms with Crippen LogP contribution in [0, 0.1) is 0 Å². The van der Waals surface area contributed by atoms with Crippen LogP contribution >= 0.6 is 0 Å². The van der Waals surface area contributed by atoms with Gasteiger partial charge in [0.2, 0.25) is 5.91 Å². The highest BCUT2D eigenvalue weighted by Gasteiger charge is 2.25. The number of carbonyl (C=O) groups is 1. The van der Waals surface area contributed by atoms with Gasteiger partial charge in [0, 0.05) is 13.1 Å². The average molecular weight is 212 g/mol. The smallest absolute Gasteiger partial charge is 0.239 e. The summed E-state index contributed by atoms with van der Waals surface area (Å²) < 4.78 is 0. The molecule has 0 spiro atoms. The molecule has 3 nitrogen and oxygen atoms in total. The van der Waals surface area contributed by atoms with Gasteiger partial charge in [0.25, 0.3) is 0 Å². The fraction of sp³-hybridized carbons (Fsp3) is 0.917. The van der Waals surface area contributed by atoms with E-state index in [0.717, 1.165) is 25.7 Å². The maximum Gasteiger partial charge on any atom is 0.239 e. The Balaban J connectivity index is 2.43. The van der Waals surface area contributed by atoms with Crippen LogP contribution in [0.4, 0.5) is 0 Å². The van der Waals surface area contributed by atoms with Crippen molar-refractivity contribution in [2.45, 2.75) is 64.0 Å². The maximum absolute atomic E-state index is 11.9. The summed E-state index contributed by atoms with van der Waals surface area (Å²) in [5, 5.41) is 0. The number of carbonyl (C=O) groups excluding carboxylic acids is 1. The van der Waals surface area contributed by atoms with E-state index in [1.54, 1.807) is 0 Å². The molecule has 15 heavy (non-hydrogen) atoms. The minimum atomic E-state index is -0.290. The van der Waals surface area contributed by atoms with Crippen molar-refractivity contribution in [3.63, 3.8) is 0 Å². The van der Waals surface area contributed by atoms with Crippen molar-refractivity contribution in [2.24, 2.45) is 5.73 Å². The van der Waals surface area contributed by atoms with Gasteiger partial charge in [-0.05, 0) is 19.3 Å². The van der Waals surface area contributed by atoms with Gasteiger partial charge in [0.1, 0.15) is 0 Å². The summed E-state index contributed by atoms with van der Waals surface area (Å²) >= 11 is 0. The van der Waals surface area contributed by atoms with E-state index >= 15 is 0 Å². The van der Waals surface area contributed by atoms with E-state index in [1.807, 2.05) is 11.9 Å². The molecule has 0 aromatic carbocycles. The minimum Gasteiger partial charge on any atom is -0.341 e. The Labute approximate surface area is 93.0 Å². The Morgan fingerprint density at radius 3 is 2.53 bits per heavy atom. The van der Waals surface area contributed by atoms with E-state index in [1.165, 1.54) is 19.3 Å². The van der Waals surface area contributed by atoms with E-state index < -0.39 is 0 Å². The lowest BCUT2D eigenvalue weighted by Gasteiger charge is -2.32. The van der Waals surface area contributed by atoms with Crippen LogP contribution in [0.5, 0.6) is 0 Å². The van der Waals surface area contributed by atoms with Crippen LogP contribution < -0.4 is 5.73 Å². The number of hydrogen-bond donors (Lipinski definition) is 1. The molecule has 0 heterocycles. The van der Waals surface area contributed by atoms with Crippen molar-refractivity contribution < 1.29 is 4.79 Å². The zero-order valence-corrected chi connectivity index (χ0v) is 10.0. The number of hydrogen-bond acceptors (Lipinski definition) is 2.